The van der Waals surface area contributed by atoms with Gasteiger partial charge >= 0.3 is 0 Å². The molecule has 24 heavy (non-hydrogen) atoms. The van der Waals surface area contributed by atoms with E-state index in [1.807, 2.05) is 19.9 Å². The Morgan fingerprint density at radius 1 is 1.33 bits per heavy atom. The molecule has 0 amide bonds. The predicted molar refractivity (Wildman–Crippen MR) is 96.8 cm³/mol. The second-order valence-corrected chi connectivity index (χ2v) is 7.12. The lowest BCUT2D eigenvalue weighted by atomic mass is 9.96. The Balaban J connectivity index is 1.62. The summed E-state index contributed by atoms with van der Waals surface area (Å²) >= 11 is 6.23. The second kappa shape index (κ2) is 7.34. The van der Waals surface area contributed by atoms with Crippen molar-refractivity contribution in [1.29, 1.82) is 0 Å². The number of piperidine rings is 1. The van der Waals surface area contributed by atoms with Gasteiger partial charge in [-0.2, -0.15) is 0 Å². The van der Waals surface area contributed by atoms with Crippen molar-refractivity contribution < 1.29 is 0 Å². The second-order valence-electron chi connectivity index (χ2n) is 6.72. The van der Waals surface area contributed by atoms with Crippen LogP contribution in [0.3, 0.4) is 0 Å². The van der Waals surface area contributed by atoms with Crippen molar-refractivity contribution in [3.05, 3.63) is 51.9 Å². The van der Waals surface area contributed by atoms with Crippen molar-refractivity contribution in [2.24, 2.45) is 5.92 Å². The Hall–Kier alpha value is -1.88. The highest BCUT2D eigenvalue weighted by Crippen LogP contribution is 2.29. The van der Waals surface area contributed by atoms with E-state index in [0.717, 1.165) is 43.9 Å². The number of pyridine rings is 1. The van der Waals surface area contributed by atoms with Gasteiger partial charge < -0.3 is 4.90 Å². The van der Waals surface area contributed by atoms with Crippen LogP contribution < -0.4 is 10.5 Å². The smallest absolute Gasteiger partial charge is 0.253 e. The van der Waals surface area contributed by atoms with E-state index in [2.05, 4.69) is 14.9 Å². The molecule has 1 aliphatic heterocycles. The van der Waals surface area contributed by atoms with Gasteiger partial charge in [-0.15, -0.1) is 0 Å². The van der Waals surface area contributed by atoms with Crippen LogP contribution in [0.25, 0.3) is 0 Å². The minimum atomic E-state index is 0.0494. The lowest BCUT2D eigenvalue weighted by Crippen LogP contribution is -2.36. The number of rotatable bonds is 4. The summed E-state index contributed by atoms with van der Waals surface area (Å²) in [7, 11) is 0. The van der Waals surface area contributed by atoms with Crippen molar-refractivity contribution in [2.45, 2.75) is 39.2 Å². The molecule has 3 heterocycles. The molecule has 1 saturated heterocycles. The van der Waals surface area contributed by atoms with Crippen molar-refractivity contribution in [2.75, 3.05) is 18.0 Å². The van der Waals surface area contributed by atoms with E-state index in [-0.39, 0.29) is 11.5 Å². The molecule has 0 bridgehead atoms. The van der Waals surface area contributed by atoms with Crippen LogP contribution in [-0.2, 0) is 6.54 Å². The van der Waals surface area contributed by atoms with Gasteiger partial charge in [0.25, 0.3) is 5.56 Å². The number of hydrogen-bond donors (Lipinski definition) is 0. The third-order valence-corrected chi connectivity index (χ3v) is 4.94. The molecule has 2 aromatic heterocycles. The number of aromatic nitrogens is 3. The zero-order valence-electron chi connectivity index (χ0n) is 14.2. The van der Waals surface area contributed by atoms with Crippen LogP contribution in [0.2, 0.25) is 5.02 Å². The molecular weight excluding hydrogens is 324 g/mol. The van der Waals surface area contributed by atoms with E-state index in [1.165, 1.54) is 0 Å². The summed E-state index contributed by atoms with van der Waals surface area (Å²) < 4.78 is 1.74. The maximum absolute atomic E-state index is 12.2. The zero-order chi connectivity index (χ0) is 17.1. The standard InChI is InChI=1S/C18H23ClN4O/c1-13(2)16-9-18(24)23(12-21-16)11-14-4-7-22(8-5-14)17-3-6-20-10-15(17)19/h3,6,9-10,12-14H,4-5,7-8,11H2,1-2H3. The van der Waals surface area contributed by atoms with Gasteiger partial charge in [-0.3, -0.25) is 14.3 Å². The van der Waals surface area contributed by atoms with Gasteiger partial charge in [-0.05, 0) is 30.7 Å². The van der Waals surface area contributed by atoms with Gasteiger partial charge in [0.2, 0.25) is 0 Å². The molecule has 0 aromatic carbocycles. The lowest BCUT2D eigenvalue weighted by molar-refractivity contribution is 0.350. The molecule has 6 heteroatoms. The first-order chi connectivity index (χ1) is 11.5. The van der Waals surface area contributed by atoms with Crippen molar-refractivity contribution in [1.82, 2.24) is 14.5 Å². The van der Waals surface area contributed by atoms with Crippen molar-refractivity contribution in [3.63, 3.8) is 0 Å². The molecule has 0 unspecified atom stereocenters. The first-order valence-corrected chi connectivity index (χ1v) is 8.83. The van der Waals surface area contributed by atoms with E-state index in [1.54, 1.807) is 29.4 Å². The van der Waals surface area contributed by atoms with E-state index < -0.39 is 0 Å². The first kappa shape index (κ1) is 17.0. The number of anilines is 1. The maximum Gasteiger partial charge on any atom is 0.253 e. The minimum absolute atomic E-state index is 0.0494. The van der Waals surface area contributed by atoms with E-state index in [9.17, 15) is 4.79 Å². The van der Waals surface area contributed by atoms with Crippen LogP contribution in [0.4, 0.5) is 5.69 Å². The predicted octanol–water partition coefficient (Wildman–Crippen LogP) is 3.33. The normalized spacial score (nSPS) is 15.9. The molecule has 0 aliphatic carbocycles. The fourth-order valence-corrected chi connectivity index (χ4v) is 3.39. The number of hydrogen-bond acceptors (Lipinski definition) is 4. The topological polar surface area (TPSA) is 51.0 Å². The Morgan fingerprint density at radius 2 is 2.08 bits per heavy atom. The number of nitrogens with zero attached hydrogens (tertiary/aromatic N) is 4. The third-order valence-electron chi connectivity index (χ3n) is 4.65. The number of halogens is 1. The Labute approximate surface area is 147 Å². The van der Waals surface area contributed by atoms with E-state index in [0.29, 0.717) is 10.9 Å². The quantitative estimate of drug-likeness (QED) is 0.852. The molecule has 2 aromatic rings. The monoisotopic (exact) mass is 346 g/mol. The van der Waals surface area contributed by atoms with Gasteiger partial charge in [0.1, 0.15) is 0 Å². The van der Waals surface area contributed by atoms with Crippen LogP contribution in [0.1, 0.15) is 38.3 Å². The van der Waals surface area contributed by atoms with Crippen LogP contribution in [0.5, 0.6) is 0 Å². The summed E-state index contributed by atoms with van der Waals surface area (Å²) in [5.41, 5.74) is 1.96. The highest BCUT2D eigenvalue weighted by atomic mass is 35.5. The van der Waals surface area contributed by atoms with Crippen molar-refractivity contribution in [3.8, 4) is 0 Å². The van der Waals surface area contributed by atoms with Gasteiger partial charge in [0.15, 0.2) is 0 Å². The van der Waals surface area contributed by atoms with Gasteiger partial charge in [-0.25, -0.2) is 4.98 Å². The molecule has 5 nitrogen and oxygen atoms in total. The molecule has 0 spiro atoms. The highest BCUT2D eigenvalue weighted by Gasteiger charge is 2.21. The van der Waals surface area contributed by atoms with E-state index in [4.69, 9.17) is 11.6 Å². The van der Waals surface area contributed by atoms with Crippen LogP contribution in [-0.4, -0.2) is 27.6 Å². The maximum atomic E-state index is 12.2. The SMILES string of the molecule is CC(C)c1cc(=O)n(CC2CCN(c3ccncc3Cl)CC2)cn1. The molecule has 0 atom stereocenters. The average molecular weight is 347 g/mol. The molecule has 3 rings (SSSR count). The molecule has 0 N–H and O–H groups in total. The lowest BCUT2D eigenvalue weighted by Gasteiger charge is -2.34. The van der Waals surface area contributed by atoms with E-state index >= 15 is 0 Å². The fraction of sp³-hybridized carbons (Fsp3) is 0.500. The molecule has 0 saturated carbocycles. The summed E-state index contributed by atoms with van der Waals surface area (Å²) in [6, 6.07) is 3.62. The minimum Gasteiger partial charge on any atom is -0.370 e. The third kappa shape index (κ3) is 3.78. The largest absolute Gasteiger partial charge is 0.370 e. The molecule has 1 aliphatic rings. The van der Waals surface area contributed by atoms with Gasteiger partial charge in [-0.1, -0.05) is 25.4 Å². The summed E-state index contributed by atoms with van der Waals surface area (Å²) in [5, 5.41) is 0.695. The molecule has 1 fully saturated rings. The molecule has 128 valence electrons. The average Bonchev–Trinajstić information content (AvgIpc) is 2.58. The summed E-state index contributed by atoms with van der Waals surface area (Å²) in [6.45, 7) is 6.72. The van der Waals surface area contributed by atoms with Crippen LogP contribution in [0.15, 0.2) is 35.6 Å². The van der Waals surface area contributed by atoms with Crippen LogP contribution in [0, 0.1) is 5.92 Å². The Kier molecular flexibility index (Phi) is 5.19. The highest BCUT2D eigenvalue weighted by molar-refractivity contribution is 6.33. The van der Waals surface area contributed by atoms with Crippen LogP contribution >= 0.6 is 11.6 Å². The summed E-state index contributed by atoms with van der Waals surface area (Å²) in [6.07, 6.45) is 7.23. The Bertz CT molecular complexity index is 751. The molecule has 0 radical (unpaired) electrons. The molecular formula is C18H23ClN4O. The summed E-state index contributed by atoms with van der Waals surface area (Å²) in [5.74, 6) is 0.770. The van der Waals surface area contributed by atoms with Crippen molar-refractivity contribution >= 4 is 17.3 Å². The fourth-order valence-electron chi connectivity index (χ4n) is 3.15. The van der Waals surface area contributed by atoms with Gasteiger partial charge in [0.05, 0.1) is 22.7 Å². The Morgan fingerprint density at radius 3 is 2.71 bits per heavy atom. The summed E-state index contributed by atoms with van der Waals surface area (Å²) in [4.78, 5) is 23.0. The zero-order valence-corrected chi connectivity index (χ0v) is 14.9. The first-order valence-electron chi connectivity index (χ1n) is 8.45. The van der Waals surface area contributed by atoms with Gasteiger partial charge in [0, 0.05) is 38.1 Å².